The molecule has 14 heavy (non-hydrogen) atoms. The second-order valence-electron chi connectivity index (χ2n) is 2.89. The van der Waals surface area contributed by atoms with Crippen LogP contribution in [0.15, 0.2) is 16.9 Å². The summed E-state index contributed by atoms with van der Waals surface area (Å²) in [4.78, 5) is 20.6. The third-order valence-electron chi connectivity index (χ3n) is 1.89. The van der Waals surface area contributed by atoms with Crippen molar-refractivity contribution in [3.8, 4) is 6.01 Å². The first kappa shape index (κ1) is 9.39. The third-order valence-corrected chi connectivity index (χ3v) is 2.30. The van der Waals surface area contributed by atoms with Gasteiger partial charge in [-0.05, 0) is 22.4 Å². The minimum Gasteiger partial charge on any atom is -0.374 e. The minimum absolute atomic E-state index is 0.0881. The zero-order valence-electron chi connectivity index (χ0n) is 7.31. The van der Waals surface area contributed by atoms with E-state index in [-0.39, 0.29) is 12.1 Å². The van der Waals surface area contributed by atoms with Crippen molar-refractivity contribution in [2.75, 3.05) is 13.1 Å². The van der Waals surface area contributed by atoms with Gasteiger partial charge in [-0.15, -0.1) is 0 Å². The average molecular weight is 258 g/mol. The highest BCUT2D eigenvalue weighted by molar-refractivity contribution is 9.10. The molecule has 1 amide bonds. The van der Waals surface area contributed by atoms with E-state index in [9.17, 15) is 4.79 Å². The van der Waals surface area contributed by atoms with Gasteiger partial charge >= 0.3 is 12.1 Å². The second-order valence-corrected chi connectivity index (χ2v) is 3.81. The van der Waals surface area contributed by atoms with Crippen molar-refractivity contribution in [3.63, 3.8) is 0 Å². The van der Waals surface area contributed by atoms with E-state index in [0.717, 1.165) is 24.0 Å². The van der Waals surface area contributed by atoms with Crippen LogP contribution < -0.4 is 4.74 Å². The van der Waals surface area contributed by atoms with Crippen LogP contribution >= 0.6 is 15.9 Å². The second kappa shape index (κ2) is 3.91. The number of nitrogens with zero attached hydrogens (tertiary/aromatic N) is 3. The standard InChI is InChI=1S/C8H8BrN3O2/c9-6-4-10-7(11-5-6)14-8(13)12-2-1-3-12/h4-5H,1-3H2. The first-order valence-electron chi connectivity index (χ1n) is 4.20. The summed E-state index contributed by atoms with van der Waals surface area (Å²) in [6.45, 7) is 1.52. The smallest absolute Gasteiger partial charge is 0.374 e. The van der Waals surface area contributed by atoms with Crippen LogP contribution in [0.25, 0.3) is 0 Å². The van der Waals surface area contributed by atoms with E-state index >= 15 is 0 Å². The van der Waals surface area contributed by atoms with Crippen molar-refractivity contribution < 1.29 is 9.53 Å². The Bertz CT molecular complexity index is 337. The Morgan fingerprint density at radius 2 is 2.07 bits per heavy atom. The molecule has 2 heterocycles. The number of hydrogen-bond acceptors (Lipinski definition) is 4. The van der Waals surface area contributed by atoms with E-state index in [1.165, 1.54) is 12.4 Å². The molecule has 74 valence electrons. The van der Waals surface area contributed by atoms with Crippen molar-refractivity contribution in [1.29, 1.82) is 0 Å². The lowest BCUT2D eigenvalue weighted by Crippen LogP contribution is -2.43. The molecule has 0 bridgehead atoms. The Morgan fingerprint density at radius 3 is 2.57 bits per heavy atom. The Labute approximate surface area is 89.2 Å². The summed E-state index contributed by atoms with van der Waals surface area (Å²) in [7, 11) is 0. The predicted molar refractivity (Wildman–Crippen MR) is 51.9 cm³/mol. The van der Waals surface area contributed by atoms with Gasteiger partial charge in [0.1, 0.15) is 0 Å². The molecule has 1 aliphatic heterocycles. The molecular formula is C8H8BrN3O2. The van der Waals surface area contributed by atoms with E-state index in [0.29, 0.717) is 0 Å². The minimum atomic E-state index is -0.376. The van der Waals surface area contributed by atoms with E-state index in [1.54, 1.807) is 4.90 Å². The lowest BCUT2D eigenvalue weighted by molar-refractivity contribution is 0.121. The monoisotopic (exact) mass is 257 g/mol. The maximum atomic E-state index is 11.3. The number of hydrogen-bond donors (Lipinski definition) is 0. The van der Waals surface area contributed by atoms with Crippen LogP contribution in [-0.2, 0) is 0 Å². The Balaban J connectivity index is 1.96. The van der Waals surface area contributed by atoms with Gasteiger partial charge in [0, 0.05) is 25.5 Å². The number of carbonyl (C=O) groups is 1. The molecule has 0 saturated carbocycles. The summed E-state index contributed by atoms with van der Waals surface area (Å²) < 4.78 is 5.67. The summed E-state index contributed by atoms with van der Waals surface area (Å²) in [6.07, 6.45) is 3.73. The number of aromatic nitrogens is 2. The largest absolute Gasteiger partial charge is 0.417 e. The maximum Gasteiger partial charge on any atom is 0.417 e. The molecule has 1 fully saturated rings. The molecule has 1 aliphatic rings. The quantitative estimate of drug-likeness (QED) is 0.764. The van der Waals surface area contributed by atoms with Crippen LogP contribution in [0.3, 0.4) is 0 Å². The number of ether oxygens (including phenoxy) is 1. The molecule has 0 spiro atoms. The lowest BCUT2D eigenvalue weighted by Gasteiger charge is -2.28. The van der Waals surface area contributed by atoms with Crippen LogP contribution in [-0.4, -0.2) is 34.1 Å². The fourth-order valence-corrected chi connectivity index (χ4v) is 1.20. The molecule has 1 aromatic heterocycles. The summed E-state index contributed by atoms with van der Waals surface area (Å²) in [5.41, 5.74) is 0. The normalized spacial score (nSPS) is 14.8. The van der Waals surface area contributed by atoms with Crippen LogP contribution in [0.1, 0.15) is 6.42 Å². The first-order chi connectivity index (χ1) is 6.75. The highest BCUT2D eigenvalue weighted by atomic mass is 79.9. The Hall–Kier alpha value is -1.17. The number of likely N-dealkylation sites (tertiary alicyclic amines) is 1. The SMILES string of the molecule is O=C(Oc1ncc(Br)cn1)N1CCC1. The van der Waals surface area contributed by atoms with E-state index in [4.69, 9.17) is 4.74 Å². The van der Waals surface area contributed by atoms with Gasteiger partial charge < -0.3 is 9.64 Å². The molecule has 0 unspecified atom stereocenters. The van der Waals surface area contributed by atoms with Gasteiger partial charge in [0.2, 0.25) is 0 Å². The van der Waals surface area contributed by atoms with Gasteiger partial charge in [0.05, 0.1) is 4.47 Å². The van der Waals surface area contributed by atoms with E-state index in [1.807, 2.05) is 0 Å². The molecule has 0 atom stereocenters. The molecule has 0 radical (unpaired) electrons. The molecule has 1 aromatic rings. The average Bonchev–Trinajstić information content (AvgIpc) is 2.06. The van der Waals surface area contributed by atoms with Gasteiger partial charge in [0.25, 0.3) is 0 Å². The summed E-state index contributed by atoms with van der Waals surface area (Å²) in [5.74, 6) is 0. The van der Waals surface area contributed by atoms with Crippen LogP contribution in [0.4, 0.5) is 4.79 Å². The molecule has 0 N–H and O–H groups in total. The van der Waals surface area contributed by atoms with E-state index in [2.05, 4.69) is 25.9 Å². The summed E-state index contributed by atoms with van der Waals surface area (Å²) in [5, 5.41) is 0. The van der Waals surface area contributed by atoms with Crippen LogP contribution in [0, 0.1) is 0 Å². The molecule has 1 saturated heterocycles. The predicted octanol–water partition coefficient (Wildman–Crippen LogP) is 1.44. The van der Waals surface area contributed by atoms with Crippen molar-refractivity contribution in [2.45, 2.75) is 6.42 Å². The van der Waals surface area contributed by atoms with Crippen LogP contribution in [0.5, 0.6) is 6.01 Å². The number of rotatable bonds is 1. The third kappa shape index (κ3) is 2.01. The van der Waals surface area contributed by atoms with Gasteiger partial charge in [-0.1, -0.05) is 0 Å². The fourth-order valence-electron chi connectivity index (χ4n) is 0.995. The number of carbonyl (C=O) groups excluding carboxylic acids is 1. The number of halogens is 1. The zero-order valence-corrected chi connectivity index (χ0v) is 8.90. The molecule has 5 nitrogen and oxygen atoms in total. The molecular weight excluding hydrogens is 250 g/mol. The van der Waals surface area contributed by atoms with Crippen molar-refractivity contribution in [3.05, 3.63) is 16.9 Å². The molecule has 2 rings (SSSR count). The summed E-state index contributed by atoms with van der Waals surface area (Å²) in [6, 6.07) is 0.0881. The maximum absolute atomic E-state index is 11.3. The number of amides is 1. The molecule has 0 aromatic carbocycles. The van der Waals surface area contributed by atoms with Crippen molar-refractivity contribution in [1.82, 2.24) is 14.9 Å². The highest BCUT2D eigenvalue weighted by Gasteiger charge is 2.22. The molecule has 0 aliphatic carbocycles. The topological polar surface area (TPSA) is 55.3 Å². The van der Waals surface area contributed by atoms with Crippen molar-refractivity contribution >= 4 is 22.0 Å². The highest BCUT2D eigenvalue weighted by Crippen LogP contribution is 2.11. The summed E-state index contributed by atoms with van der Waals surface area (Å²) >= 11 is 3.19. The van der Waals surface area contributed by atoms with Crippen molar-refractivity contribution in [2.24, 2.45) is 0 Å². The Kier molecular flexibility index (Phi) is 2.62. The lowest BCUT2D eigenvalue weighted by atomic mass is 10.2. The molecule has 6 heteroatoms. The van der Waals surface area contributed by atoms with Crippen LogP contribution in [0.2, 0.25) is 0 Å². The van der Waals surface area contributed by atoms with Gasteiger partial charge in [-0.3, -0.25) is 0 Å². The first-order valence-corrected chi connectivity index (χ1v) is 4.99. The van der Waals surface area contributed by atoms with Gasteiger partial charge in [-0.2, -0.15) is 0 Å². The fraction of sp³-hybridized carbons (Fsp3) is 0.375. The van der Waals surface area contributed by atoms with Gasteiger partial charge in [-0.25, -0.2) is 14.8 Å². The zero-order chi connectivity index (χ0) is 9.97. The Morgan fingerprint density at radius 1 is 1.43 bits per heavy atom. The van der Waals surface area contributed by atoms with E-state index < -0.39 is 0 Å². The van der Waals surface area contributed by atoms with Gasteiger partial charge in [0.15, 0.2) is 0 Å².